The minimum Gasteiger partial charge on any atom is -0.481 e. The molecule has 3 amide bonds. The summed E-state index contributed by atoms with van der Waals surface area (Å²) in [6.45, 7) is 1.25. The number of nitrogens with zero attached hydrogens (tertiary/aromatic N) is 1. The summed E-state index contributed by atoms with van der Waals surface area (Å²) < 4.78 is 0. The molecule has 0 fully saturated rings. The molecule has 14 heteroatoms. The van der Waals surface area contributed by atoms with Gasteiger partial charge in [0.05, 0.1) is 18.8 Å². The van der Waals surface area contributed by atoms with Crippen LogP contribution >= 0.6 is 0 Å². The van der Waals surface area contributed by atoms with Gasteiger partial charge >= 0.3 is 11.9 Å². The zero-order valence-corrected chi connectivity index (χ0v) is 20.4. The first-order valence-corrected chi connectivity index (χ1v) is 11.7. The van der Waals surface area contributed by atoms with E-state index in [1.54, 1.807) is 6.20 Å². The number of imidazole rings is 1. The maximum absolute atomic E-state index is 13.0. The Hall–Kier alpha value is -4.72. The first kappa shape index (κ1) is 27.9. The first-order valence-electron chi connectivity index (χ1n) is 11.7. The lowest BCUT2D eigenvalue weighted by atomic mass is 10.0. The van der Waals surface area contributed by atoms with Crippen LogP contribution in [0.15, 0.2) is 43.0 Å². The molecule has 4 atom stereocenters. The predicted octanol–water partition coefficient (Wildman–Crippen LogP) is -0.963. The SMILES string of the molecule is CC(NC(=O)C(Cc1cnc[nH]1)NC(=O)C(CC(=O)O)NC(=O)C(N)Cc1c[nH]c2ccccc12)C(=O)O. The number of fused-ring (bicyclic) bond motifs is 1. The number of hydrogen-bond donors (Lipinski definition) is 8. The van der Waals surface area contributed by atoms with Gasteiger partial charge in [-0.05, 0) is 25.0 Å². The molecule has 0 spiro atoms. The van der Waals surface area contributed by atoms with Crippen molar-refractivity contribution in [1.29, 1.82) is 0 Å². The number of aliphatic carboxylic acids is 2. The third kappa shape index (κ3) is 7.39. The van der Waals surface area contributed by atoms with Crippen molar-refractivity contribution in [3.05, 3.63) is 54.2 Å². The second-order valence-electron chi connectivity index (χ2n) is 8.74. The summed E-state index contributed by atoms with van der Waals surface area (Å²) in [5, 5.41) is 26.3. The minimum atomic E-state index is -1.55. The molecule has 0 radical (unpaired) electrons. The Morgan fingerprint density at radius 1 is 0.947 bits per heavy atom. The average Bonchev–Trinajstić information content (AvgIpc) is 3.52. The van der Waals surface area contributed by atoms with Crippen molar-refractivity contribution in [2.24, 2.45) is 5.73 Å². The van der Waals surface area contributed by atoms with Crippen molar-refractivity contribution in [1.82, 2.24) is 30.9 Å². The summed E-state index contributed by atoms with van der Waals surface area (Å²) >= 11 is 0. The fourth-order valence-electron chi connectivity index (χ4n) is 3.77. The van der Waals surface area contributed by atoms with E-state index in [1.807, 2.05) is 24.3 Å². The van der Waals surface area contributed by atoms with E-state index in [0.29, 0.717) is 5.69 Å². The highest BCUT2D eigenvalue weighted by molar-refractivity contribution is 5.96. The van der Waals surface area contributed by atoms with Crippen LogP contribution in [0.4, 0.5) is 0 Å². The van der Waals surface area contributed by atoms with E-state index >= 15 is 0 Å². The van der Waals surface area contributed by atoms with Crippen LogP contribution in [-0.2, 0) is 36.8 Å². The Balaban J connectivity index is 1.71. The Kier molecular flexibility index (Phi) is 9.16. The van der Waals surface area contributed by atoms with Crippen LogP contribution in [0.5, 0.6) is 0 Å². The third-order valence-corrected chi connectivity index (χ3v) is 5.80. The van der Waals surface area contributed by atoms with Crippen molar-refractivity contribution in [2.75, 3.05) is 0 Å². The Bertz CT molecular complexity index is 1300. The molecule has 2 heterocycles. The number of hydrogen-bond acceptors (Lipinski definition) is 7. The van der Waals surface area contributed by atoms with E-state index in [1.165, 1.54) is 19.4 Å². The van der Waals surface area contributed by atoms with Gasteiger partial charge in [0.2, 0.25) is 17.7 Å². The summed E-state index contributed by atoms with van der Waals surface area (Å²) in [6.07, 6.45) is 3.73. The van der Waals surface area contributed by atoms with Gasteiger partial charge in [0.25, 0.3) is 0 Å². The number of H-pyrrole nitrogens is 2. The van der Waals surface area contributed by atoms with Crippen LogP contribution in [0.25, 0.3) is 10.9 Å². The lowest BCUT2D eigenvalue weighted by Gasteiger charge is -2.24. The number of benzene rings is 1. The van der Waals surface area contributed by atoms with Gasteiger partial charge in [-0.2, -0.15) is 0 Å². The molecule has 3 rings (SSSR count). The fourth-order valence-corrected chi connectivity index (χ4v) is 3.77. The van der Waals surface area contributed by atoms with Crippen LogP contribution in [-0.4, -0.2) is 79.0 Å². The monoisotopic (exact) mass is 527 g/mol. The topological polar surface area (TPSA) is 232 Å². The smallest absolute Gasteiger partial charge is 0.325 e. The molecule has 0 bridgehead atoms. The Morgan fingerprint density at radius 3 is 2.29 bits per heavy atom. The van der Waals surface area contributed by atoms with E-state index in [2.05, 4.69) is 30.9 Å². The zero-order chi connectivity index (χ0) is 27.8. The number of carboxylic acids is 2. The fraction of sp³-hybridized carbons (Fsp3) is 0.333. The van der Waals surface area contributed by atoms with Gasteiger partial charge in [0.1, 0.15) is 18.1 Å². The molecule has 0 saturated heterocycles. The molecule has 202 valence electrons. The summed E-state index contributed by atoms with van der Waals surface area (Å²) in [6, 6.07) is 2.23. The van der Waals surface area contributed by atoms with E-state index in [4.69, 9.17) is 10.8 Å². The minimum absolute atomic E-state index is 0.0995. The number of aromatic amines is 2. The van der Waals surface area contributed by atoms with Crippen LogP contribution in [0.3, 0.4) is 0 Å². The van der Waals surface area contributed by atoms with Crippen molar-refractivity contribution in [3.63, 3.8) is 0 Å². The van der Waals surface area contributed by atoms with Gasteiger partial charge < -0.3 is 41.9 Å². The Morgan fingerprint density at radius 2 is 1.63 bits per heavy atom. The quantitative estimate of drug-likeness (QED) is 0.136. The standard InChI is InChI=1S/C24H29N7O7/c1-12(24(37)38)29-22(35)18(7-14-10-26-11-28-14)31-23(36)19(8-20(32)33)30-21(34)16(25)6-13-9-27-17-5-3-2-4-15(13)17/h2-5,9-12,16,18-19,27H,6-8,25H2,1H3,(H,26,28)(H,29,35)(H,30,34)(H,31,36)(H,32,33)(H,37,38). The first-order chi connectivity index (χ1) is 18.0. The molecule has 0 saturated carbocycles. The molecular weight excluding hydrogens is 498 g/mol. The van der Waals surface area contributed by atoms with E-state index in [0.717, 1.165) is 16.5 Å². The maximum atomic E-state index is 13.0. The highest BCUT2D eigenvalue weighted by atomic mass is 16.4. The largest absolute Gasteiger partial charge is 0.481 e. The van der Waals surface area contributed by atoms with Crippen molar-refractivity contribution < 1.29 is 34.2 Å². The number of carboxylic acid groups (broad SMARTS) is 2. The van der Waals surface area contributed by atoms with Gasteiger partial charge in [0, 0.05) is 35.4 Å². The van der Waals surface area contributed by atoms with Gasteiger partial charge in [-0.15, -0.1) is 0 Å². The number of carbonyl (C=O) groups is 5. The lowest BCUT2D eigenvalue weighted by molar-refractivity contribution is -0.143. The summed E-state index contributed by atoms with van der Waals surface area (Å²) in [4.78, 5) is 70.9. The van der Waals surface area contributed by atoms with Gasteiger partial charge in [-0.3, -0.25) is 24.0 Å². The molecule has 38 heavy (non-hydrogen) atoms. The van der Waals surface area contributed by atoms with Crippen molar-refractivity contribution >= 4 is 40.6 Å². The second kappa shape index (κ2) is 12.5. The summed E-state index contributed by atoms with van der Waals surface area (Å²) in [5.41, 5.74) is 8.15. The molecule has 1 aromatic carbocycles. The molecule has 3 aromatic rings. The highest BCUT2D eigenvalue weighted by Crippen LogP contribution is 2.18. The molecule has 0 aliphatic heterocycles. The van der Waals surface area contributed by atoms with E-state index in [9.17, 15) is 29.1 Å². The number of rotatable bonds is 13. The number of nitrogens with two attached hydrogens (primary N) is 1. The molecule has 0 aliphatic rings. The predicted molar refractivity (Wildman–Crippen MR) is 134 cm³/mol. The molecular formula is C24H29N7O7. The van der Waals surface area contributed by atoms with E-state index < -0.39 is 60.2 Å². The van der Waals surface area contributed by atoms with E-state index in [-0.39, 0.29) is 12.8 Å². The maximum Gasteiger partial charge on any atom is 0.325 e. The third-order valence-electron chi connectivity index (χ3n) is 5.80. The number of amides is 3. The van der Waals surface area contributed by atoms with Crippen LogP contribution < -0.4 is 21.7 Å². The van der Waals surface area contributed by atoms with Crippen molar-refractivity contribution in [2.45, 2.75) is 50.4 Å². The van der Waals surface area contributed by atoms with Gasteiger partial charge in [-0.1, -0.05) is 18.2 Å². The Labute approximate surface area is 216 Å². The van der Waals surface area contributed by atoms with Crippen molar-refractivity contribution in [3.8, 4) is 0 Å². The summed E-state index contributed by atoms with van der Waals surface area (Å²) in [5.74, 6) is -5.19. The number of nitrogens with one attached hydrogen (secondary N) is 5. The molecule has 14 nitrogen and oxygen atoms in total. The number of aromatic nitrogens is 3. The molecule has 9 N–H and O–H groups in total. The molecule has 0 aliphatic carbocycles. The molecule has 2 aromatic heterocycles. The highest BCUT2D eigenvalue weighted by Gasteiger charge is 2.31. The summed E-state index contributed by atoms with van der Waals surface area (Å²) in [7, 11) is 0. The molecule has 4 unspecified atom stereocenters. The number of carbonyl (C=O) groups excluding carboxylic acids is 3. The van der Waals surface area contributed by atoms with Gasteiger partial charge in [-0.25, -0.2) is 4.98 Å². The van der Waals surface area contributed by atoms with Crippen LogP contribution in [0.1, 0.15) is 24.6 Å². The van der Waals surface area contributed by atoms with Crippen LogP contribution in [0, 0.1) is 0 Å². The lowest BCUT2D eigenvalue weighted by Crippen LogP contribution is -2.58. The van der Waals surface area contributed by atoms with Crippen LogP contribution in [0.2, 0.25) is 0 Å². The zero-order valence-electron chi connectivity index (χ0n) is 20.4. The normalized spacial score (nSPS) is 14.2. The average molecular weight is 528 g/mol. The number of para-hydroxylation sites is 1. The second-order valence-corrected chi connectivity index (χ2v) is 8.74. The van der Waals surface area contributed by atoms with Gasteiger partial charge in [0.15, 0.2) is 0 Å².